The molecule has 3 heterocycles. The van der Waals surface area contributed by atoms with Crippen molar-refractivity contribution in [1.82, 2.24) is 10.2 Å². The third-order valence-corrected chi connectivity index (χ3v) is 9.92. The molecular formula is C34H32ClN3O6S2. The quantitative estimate of drug-likeness (QED) is 0.0563. The number of ether oxygens (including phenoxy) is 3. The number of aliphatic hydroxyl groups is 1. The van der Waals surface area contributed by atoms with E-state index in [-0.39, 0.29) is 22.6 Å². The Morgan fingerprint density at radius 2 is 1.87 bits per heavy atom. The molecule has 12 heteroatoms. The molecule has 4 aromatic rings. The van der Waals surface area contributed by atoms with Gasteiger partial charge < -0.3 is 19.3 Å². The Kier molecular flexibility index (Phi) is 9.53. The minimum absolute atomic E-state index is 0.00700. The largest absolute Gasteiger partial charge is 0.507 e. The van der Waals surface area contributed by atoms with Gasteiger partial charge in [-0.15, -0.1) is 10.2 Å². The van der Waals surface area contributed by atoms with Crippen LogP contribution in [-0.2, 0) is 21.8 Å². The van der Waals surface area contributed by atoms with Crippen LogP contribution in [0, 0.1) is 0 Å². The van der Waals surface area contributed by atoms with Crippen LogP contribution in [0.2, 0.25) is 5.02 Å². The van der Waals surface area contributed by atoms with Crippen molar-refractivity contribution >= 4 is 57.3 Å². The van der Waals surface area contributed by atoms with Gasteiger partial charge in [0.1, 0.15) is 17.6 Å². The van der Waals surface area contributed by atoms with E-state index in [0.29, 0.717) is 57.4 Å². The number of fused-ring (bicyclic) bond motifs is 1. The van der Waals surface area contributed by atoms with E-state index < -0.39 is 17.7 Å². The van der Waals surface area contributed by atoms with Gasteiger partial charge in [0.05, 0.1) is 24.8 Å². The van der Waals surface area contributed by atoms with Gasteiger partial charge in [0.25, 0.3) is 5.78 Å². The van der Waals surface area contributed by atoms with Gasteiger partial charge in [-0.3, -0.25) is 14.5 Å². The Hall–Kier alpha value is -4.06. The van der Waals surface area contributed by atoms with Gasteiger partial charge in [-0.2, -0.15) is 0 Å². The average Bonchev–Trinajstić information content (AvgIpc) is 3.74. The van der Waals surface area contributed by atoms with E-state index in [1.165, 1.54) is 28.0 Å². The molecule has 3 aromatic carbocycles. The molecule has 1 amide bonds. The molecule has 0 saturated carbocycles. The highest BCUT2D eigenvalue weighted by atomic mass is 35.5. The number of aliphatic hydroxyl groups excluding tert-OH is 1. The van der Waals surface area contributed by atoms with Gasteiger partial charge >= 0.3 is 5.91 Å². The lowest BCUT2D eigenvalue weighted by Gasteiger charge is -2.23. The number of Topliss-reactive ketones (excluding diaryl/α,β-unsaturated/α-hetero) is 1. The summed E-state index contributed by atoms with van der Waals surface area (Å²) < 4.78 is 18.3. The number of hydrogen-bond acceptors (Lipinski definition) is 10. The molecular weight excluding hydrogens is 646 g/mol. The molecule has 6 rings (SSSR count). The zero-order chi connectivity index (χ0) is 32.4. The first-order chi connectivity index (χ1) is 22.3. The van der Waals surface area contributed by atoms with Crippen LogP contribution < -0.4 is 19.1 Å². The molecule has 1 saturated heterocycles. The number of carbonyl (C=O) groups is 2. The van der Waals surface area contributed by atoms with Gasteiger partial charge in [0.2, 0.25) is 5.13 Å². The number of halogens is 1. The van der Waals surface area contributed by atoms with Crippen molar-refractivity contribution in [2.75, 3.05) is 18.1 Å². The summed E-state index contributed by atoms with van der Waals surface area (Å²) in [5.41, 5.74) is 2.90. The molecule has 46 heavy (non-hydrogen) atoms. The maximum absolute atomic E-state index is 13.8. The normalized spacial score (nSPS) is 18.5. The number of hydrogen-bond donors (Lipinski definition) is 1. The van der Waals surface area contributed by atoms with Crippen LogP contribution in [0.1, 0.15) is 55.5 Å². The predicted molar refractivity (Wildman–Crippen MR) is 179 cm³/mol. The molecule has 1 N–H and O–H groups in total. The van der Waals surface area contributed by atoms with Crippen LogP contribution in [0.25, 0.3) is 5.76 Å². The van der Waals surface area contributed by atoms with Crippen molar-refractivity contribution in [1.29, 1.82) is 0 Å². The van der Waals surface area contributed by atoms with Crippen LogP contribution in [0.15, 0.2) is 70.6 Å². The Balaban J connectivity index is 1.42. The van der Waals surface area contributed by atoms with Gasteiger partial charge in [0, 0.05) is 22.8 Å². The summed E-state index contributed by atoms with van der Waals surface area (Å²) in [5.74, 6) is 0.475. The van der Waals surface area contributed by atoms with Crippen LogP contribution >= 0.6 is 34.7 Å². The van der Waals surface area contributed by atoms with E-state index in [1.807, 2.05) is 51.1 Å². The summed E-state index contributed by atoms with van der Waals surface area (Å²) in [4.78, 5) is 28.9. The van der Waals surface area contributed by atoms with Crippen molar-refractivity contribution in [3.8, 4) is 17.2 Å². The third kappa shape index (κ3) is 6.44. The van der Waals surface area contributed by atoms with Crippen LogP contribution in [0.5, 0.6) is 17.2 Å². The highest BCUT2D eigenvalue weighted by molar-refractivity contribution is 8.00. The fourth-order valence-corrected chi connectivity index (χ4v) is 7.40. The van der Waals surface area contributed by atoms with Crippen LogP contribution in [0.3, 0.4) is 0 Å². The van der Waals surface area contributed by atoms with Crippen molar-refractivity contribution in [2.45, 2.75) is 55.9 Å². The first-order valence-corrected chi connectivity index (χ1v) is 17.2. The predicted octanol–water partition coefficient (Wildman–Crippen LogP) is 7.62. The molecule has 1 fully saturated rings. The topological polar surface area (TPSA) is 111 Å². The molecule has 9 nitrogen and oxygen atoms in total. The van der Waals surface area contributed by atoms with Gasteiger partial charge in [0.15, 0.2) is 15.8 Å². The number of aromatic nitrogens is 2. The summed E-state index contributed by atoms with van der Waals surface area (Å²) in [6, 6.07) is 17.1. The molecule has 2 aliphatic rings. The van der Waals surface area contributed by atoms with Gasteiger partial charge in [-0.1, -0.05) is 59.8 Å². The number of ketones is 1. The summed E-state index contributed by atoms with van der Waals surface area (Å²) >= 11 is 8.69. The fraction of sp³-hybridized carbons (Fsp3) is 0.294. The minimum Gasteiger partial charge on any atom is -0.507 e. The van der Waals surface area contributed by atoms with E-state index in [2.05, 4.69) is 10.2 Å². The van der Waals surface area contributed by atoms with E-state index in [4.69, 9.17) is 25.8 Å². The Labute approximate surface area is 280 Å². The lowest BCUT2D eigenvalue weighted by atomic mass is 9.94. The minimum atomic E-state index is -0.995. The van der Waals surface area contributed by atoms with Gasteiger partial charge in [-0.05, 0) is 79.4 Å². The number of benzene rings is 3. The zero-order valence-corrected chi connectivity index (χ0v) is 27.9. The summed E-state index contributed by atoms with van der Waals surface area (Å²) in [6.45, 7) is 6.73. The third-order valence-electron chi connectivity index (χ3n) is 7.54. The maximum Gasteiger partial charge on any atom is 0.301 e. The highest BCUT2D eigenvalue weighted by Gasteiger charge is 2.48. The second kappa shape index (κ2) is 13.7. The molecule has 1 aromatic heterocycles. The number of rotatable bonds is 11. The van der Waals surface area contributed by atoms with Crippen LogP contribution in [0.4, 0.5) is 5.13 Å². The van der Waals surface area contributed by atoms with E-state index in [0.717, 1.165) is 23.3 Å². The molecule has 0 spiro atoms. The molecule has 2 aliphatic heterocycles. The number of nitrogens with zero attached hydrogens (tertiary/aromatic N) is 3. The monoisotopic (exact) mass is 677 g/mol. The molecule has 0 unspecified atom stereocenters. The van der Waals surface area contributed by atoms with E-state index >= 15 is 0 Å². The van der Waals surface area contributed by atoms with Crippen LogP contribution in [-0.4, -0.2) is 46.3 Å². The Morgan fingerprint density at radius 3 is 2.63 bits per heavy atom. The Bertz CT molecular complexity index is 1810. The molecule has 2 atom stereocenters. The Morgan fingerprint density at radius 1 is 1.07 bits per heavy atom. The first-order valence-electron chi connectivity index (χ1n) is 15.0. The number of anilines is 1. The summed E-state index contributed by atoms with van der Waals surface area (Å²) in [6.07, 6.45) is 1.49. The van der Waals surface area contributed by atoms with Gasteiger partial charge in [-0.25, -0.2) is 0 Å². The second-order valence-corrected chi connectivity index (χ2v) is 13.5. The highest BCUT2D eigenvalue weighted by Crippen LogP contribution is 2.46. The summed E-state index contributed by atoms with van der Waals surface area (Å²) in [5, 5.41) is 21.3. The van der Waals surface area contributed by atoms with E-state index in [9.17, 15) is 14.7 Å². The zero-order valence-electron chi connectivity index (χ0n) is 25.5. The van der Waals surface area contributed by atoms with E-state index in [1.54, 1.807) is 30.3 Å². The average molecular weight is 678 g/mol. The smallest absolute Gasteiger partial charge is 0.301 e. The van der Waals surface area contributed by atoms with Crippen molar-refractivity contribution in [3.63, 3.8) is 0 Å². The number of carbonyl (C=O) groups excluding carboxylic acids is 2. The second-order valence-electron chi connectivity index (χ2n) is 10.9. The molecule has 238 valence electrons. The lowest BCUT2D eigenvalue weighted by Crippen LogP contribution is -2.29. The maximum atomic E-state index is 13.8. The summed E-state index contributed by atoms with van der Waals surface area (Å²) in [7, 11) is 0. The standard InChI is InChI=1S/C34H32ClN3O6S2/c1-4-14-43-26-13-8-21(17-27(26)42-5-2)29-28(30(39)22-9-12-25-23(16-22)15-19(3)44-25)31(40)32(41)38(29)33-36-37-34(46-33)45-18-20-6-10-24(35)11-7-20/h6-13,16-17,19,29,39H,4-5,14-15,18H2,1-3H3/t19-,29+/m1/s1. The first kappa shape index (κ1) is 31.9. The molecule has 0 bridgehead atoms. The molecule has 0 radical (unpaired) electrons. The number of thioether (sulfide) groups is 1. The SMILES string of the molecule is CCCOc1ccc([C@H]2C(=C(O)c3ccc4c(c3)C[C@@H](C)O4)C(=O)C(=O)N2c2nnc(SCc3ccc(Cl)cc3)s2)cc1OCC. The van der Waals surface area contributed by atoms with Crippen molar-refractivity contribution < 1.29 is 28.9 Å². The molecule has 0 aliphatic carbocycles. The lowest BCUT2D eigenvalue weighted by molar-refractivity contribution is -0.132. The van der Waals surface area contributed by atoms with Crippen molar-refractivity contribution in [3.05, 3.63) is 93.5 Å². The fourth-order valence-electron chi connectivity index (χ4n) is 5.45. The van der Waals surface area contributed by atoms with Crippen molar-refractivity contribution in [2.24, 2.45) is 0 Å². The number of amides is 1.